The Morgan fingerprint density at radius 1 is 1.20 bits per heavy atom. The molecule has 0 aliphatic carbocycles. The summed E-state index contributed by atoms with van der Waals surface area (Å²) >= 11 is 0. The van der Waals surface area contributed by atoms with Gasteiger partial charge in [-0.05, 0) is 47.4 Å². The number of rotatable bonds is 4. The van der Waals surface area contributed by atoms with Crippen LogP contribution in [0.25, 0.3) is 11.1 Å². The topological polar surface area (TPSA) is 80.4 Å². The molecular formula is C16H15NO3. The Morgan fingerprint density at radius 2 is 1.85 bits per heavy atom. The van der Waals surface area contributed by atoms with Crippen molar-refractivity contribution in [3.8, 4) is 16.9 Å². The summed E-state index contributed by atoms with van der Waals surface area (Å²) in [6.45, 7) is 1.91. The Labute approximate surface area is 116 Å². The monoisotopic (exact) mass is 269 g/mol. The predicted octanol–water partition coefficient (Wildman–Crippen LogP) is 2.53. The highest BCUT2D eigenvalue weighted by Crippen LogP contribution is 2.29. The fourth-order valence-electron chi connectivity index (χ4n) is 2.07. The first kappa shape index (κ1) is 13.8. The van der Waals surface area contributed by atoms with Gasteiger partial charge in [-0.1, -0.05) is 19.1 Å². The third kappa shape index (κ3) is 2.54. The first-order valence-corrected chi connectivity index (χ1v) is 6.28. The molecule has 20 heavy (non-hydrogen) atoms. The maximum Gasteiger partial charge on any atom is 0.248 e. The van der Waals surface area contributed by atoms with Gasteiger partial charge in [0.1, 0.15) is 5.75 Å². The van der Waals surface area contributed by atoms with Gasteiger partial charge in [-0.2, -0.15) is 0 Å². The number of primary amides is 1. The minimum absolute atomic E-state index is 0.0278. The molecule has 0 aromatic heterocycles. The van der Waals surface area contributed by atoms with Gasteiger partial charge in [-0.25, -0.2) is 0 Å². The van der Waals surface area contributed by atoms with Crippen molar-refractivity contribution < 1.29 is 14.7 Å². The summed E-state index contributed by atoms with van der Waals surface area (Å²) in [5.41, 5.74) is 8.27. The van der Waals surface area contributed by atoms with Crippen molar-refractivity contribution in [1.29, 1.82) is 0 Å². The lowest BCUT2D eigenvalue weighted by molar-refractivity contribution is 0.1000. The molecule has 4 nitrogen and oxygen atoms in total. The van der Waals surface area contributed by atoms with Crippen LogP contribution in [0.15, 0.2) is 36.4 Å². The van der Waals surface area contributed by atoms with Gasteiger partial charge in [0.15, 0.2) is 6.29 Å². The van der Waals surface area contributed by atoms with E-state index in [1.54, 1.807) is 30.3 Å². The van der Waals surface area contributed by atoms with Gasteiger partial charge >= 0.3 is 0 Å². The van der Waals surface area contributed by atoms with E-state index in [-0.39, 0.29) is 11.3 Å². The molecule has 2 aromatic rings. The van der Waals surface area contributed by atoms with Crippen molar-refractivity contribution >= 4 is 12.2 Å². The van der Waals surface area contributed by atoms with Crippen molar-refractivity contribution in [2.24, 2.45) is 5.73 Å². The number of hydrogen-bond donors (Lipinski definition) is 2. The van der Waals surface area contributed by atoms with Gasteiger partial charge in [-0.3, -0.25) is 9.59 Å². The van der Waals surface area contributed by atoms with Gasteiger partial charge in [0.05, 0.1) is 5.56 Å². The molecule has 0 aliphatic rings. The smallest absolute Gasteiger partial charge is 0.248 e. The number of amides is 1. The summed E-state index contributed by atoms with van der Waals surface area (Å²) in [7, 11) is 0. The van der Waals surface area contributed by atoms with E-state index in [1.165, 1.54) is 0 Å². The predicted molar refractivity (Wildman–Crippen MR) is 76.8 cm³/mol. The van der Waals surface area contributed by atoms with Crippen LogP contribution in [0.2, 0.25) is 0 Å². The summed E-state index contributed by atoms with van der Waals surface area (Å²) < 4.78 is 0. The molecule has 4 heteroatoms. The van der Waals surface area contributed by atoms with E-state index >= 15 is 0 Å². The zero-order chi connectivity index (χ0) is 14.7. The Bertz CT molecular complexity index is 660. The molecule has 0 unspecified atom stereocenters. The van der Waals surface area contributed by atoms with E-state index < -0.39 is 5.91 Å². The average Bonchev–Trinajstić information content (AvgIpc) is 2.47. The molecule has 0 atom stereocenters. The van der Waals surface area contributed by atoms with Crippen molar-refractivity contribution in [2.45, 2.75) is 13.3 Å². The van der Waals surface area contributed by atoms with Crippen molar-refractivity contribution in [3.05, 3.63) is 53.1 Å². The van der Waals surface area contributed by atoms with E-state index in [0.29, 0.717) is 23.8 Å². The van der Waals surface area contributed by atoms with Crippen LogP contribution in [0.4, 0.5) is 0 Å². The highest BCUT2D eigenvalue weighted by Gasteiger charge is 2.10. The first-order chi connectivity index (χ1) is 9.56. The number of phenols is 1. The summed E-state index contributed by atoms with van der Waals surface area (Å²) in [4.78, 5) is 22.0. The van der Waals surface area contributed by atoms with Crippen LogP contribution in [0, 0.1) is 0 Å². The van der Waals surface area contributed by atoms with Gasteiger partial charge in [0.2, 0.25) is 5.91 Å². The Balaban J connectivity index is 2.51. The van der Waals surface area contributed by atoms with Crippen molar-refractivity contribution in [2.75, 3.05) is 0 Å². The maximum absolute atomic E-state index is 11.0. The second-order valence-corrected chi connectivity index (χ2v) is 4.49. The second kappa shape index (κ2) is 5.57. The van der Waals surface area contributed by atoms with E-state index in [0.717, 1.165) is 11.1 Å². The highest BCUT2D eigenvalue weighted by atomic mass is 16.3. The third-order valence-corrected chi connectivity index (χ3v) is 3.23. The number of carbonyl (C=O) groups excluding carboxylic acids is 2. The molecule has 3 N–H and O–H groups in total. The van der Waals surface area contributed by atoms with E-state index in [1.807, 2.05) is 13.0 Å². The highest BCUT2D eigenvalue weighted by molar-refractivity contribution is 5.93. The van der Waals surface area contributed by atoms with Gasteiger partial charge in [-0.15, -0.1) is 0 Å². The SMILES string of the molecule is CCc1cc(-c2ccc(C(N)=O)cc2)cc(C=O)c1O. The number of benzene rings is 2. The van der Waals surface area contributed by atoms with Crippen LogP contribution in [0.1, 0.15) is 33.2 Å². The molecule has 0 aliphatic heterocycles. The molecule has 0 heterocycles. The second-order valence-electron chi connectivity index (χ2n) is 4.49. The summed E-state index contributed by atoms with van der Waals surface area (Å²) in [6, 6.07) is 10.3. The lowest BCUT2D eigenvalue weighted by atomic mass is 9.97. The number of phenolic OH excluding ortho intramolecular Hbond substituents is 1. The summed E-state index contributed by atoms with van der Waals surface area (Å²) in [5.74, 6) is -0.454. The van der Waals surface area contributed by atoms with Gasteiger partial charge < -0.3 is 10.8 Å². The first-order valence-electron chi connectivity index (χ1n) is 6.28. The molecule has 0 radical (unpaired) electrons. The Morgan fingerprint density at radius 3 is 2.35 bits per heavy atom. The van der Waals surface area contributed by atoms with Crippen LogP contribution in [0.5, 0.6) is 5.75 Å². The molecule has 0 saturated carbocycles. The van der Waals surface area contributed by atoms with Crippen LogP contribution in [-0.2, 0) is 6.42 Å². The van der Waals surface area contributed by atoms with E-state index in [2.05, 4.69) is 0 Å². The number of nitrogens with two attached hydrogens (primary N) is 1. The molecule has 102 valence electrons. The molecular weight excluding hydrogens is 254 g/mol. The van der Waals surface area contributed by atoms with Crippen molar-refractivity contribution in [1.82, 2.24) is 0 Å². The molecule has 2 rings (SSSR count). The minimum atomic E-state index is -0.481. The molecule has 0 saturated heterocycles. The number of aryl methyl sites for hydroxylation is 1. The number of aromatic hydroxyl groups is 1. The average molecular weight is 269 g/mol. The Kier molecular flexibility index (Phi) is 3.84. The normalized spacial score (nSPS) is 10.2. The minimum Gasteiger partial charge on any atom is -0.507 e. The quantitative estimate of drug-likeness (QED) is 0.837. The summed E-state index contributed by atoms with van der Waals surface area (Å²) in [5, 5.41) is 9.88. The number of carbonyl (C=O) groups is 2. The molecule has 2 aromatic carbocycles. The van der Waals surface area contributed by atoms with Crippen LogP contribution < -0.4 is 5.73 Å². The molecule has 0 bridgehead atoms. The number of hydrogen-bond acceptors (Lipinski definition) is 3. The standard InChI is InChI=1S/C16H15NO3/c1-2-10-7-13(8-14(9-18)15(10)19)11-3-5-12(6-4-11)16(17)20/h3-9,19H,2H2,1H3,(H2,17,20). The van der Waals surface area contributed by atoms with Gasteiger partial charge in [0, 0.05) is 5.56 Å². The van der Waals surface area contributed by atoms with E-state index in [4.69, 9.17) is 5.73 Å². The lowest BCUT2D eigenvalue weighted by Gasteiger charge is -2.09. The molecule has 1 amide bonds. The largest absolute Gasteiger partial charge is 0.507 e. The van der Waals surface area contributed by atoms with Crippen LogP contribution in [-0.4, -0.2) is 17.3 Å². The van der Waals surface area contributed by atoms with Crippen LogP contribution >= 0.6 is 0 Å². The van der Waals surface area contributed by atoms with E-state index in [9.17, 15) is 14.7 Å². The number of aldehydes is 1. The zero-order valence-corrected chi connectivity index (χ0v) is 11.1. The van der Waals surface area contributed by atoms with Gasteiger partial charge in [0.25, 0.3) is 0 Å². The fourth-order valence-corrected chi connectivity index (χ4v) is 2.07. The maximum atomic E-state index is 11.0. The summed E-state index contributed by atoms with van der Waals surface area (Å²) in [6.07, 6.45) is 1.26. The third-order valence-electron chi connectivity index (χ3n) is 3.23. The Hall–Kier alpha value is -2.62. The molecule has 0 fully saturated rings. The zero-order valence-electron chi connectivity index (χ0n) is 11.1. The van der Waals surface area contributed by atoms with Crippen LogP contribution in [0.3, 0.4) is 0 Å². The lowest BCUT2D eigenvalue weighted by Crippen LogP contribution is -2.10. The van der Waals surface area contributed by atoms with Crippen molar-refractivity contribution in [3.63, 3.8) is 0 Å². The fraction of sp³-hybridized carbons (Fsp3) is 0.125. The molecule has 0 spiro atoms.